The first-order valence-electron chi connectivity index (χ1n) is 6.93. The fourth-order valence-corrected chi connectivity index (χ4v) is 1.89. The molecule has 0 unspecified atom stereocenters. The van der Waals surface area contributed by atoms with Crippen molar-refractivity contribution in [2.75, 3.05) is 19.6 Å². The quantitative estimate of drug-likeness (QED) is 0.758. The molecule has 1 rings (SSSR count). The minimum absolute atomic E-state index is 0.109. The van der Waals surface area contributed by atoms with Crippen LogP contribution in [0.1, 0.15) is 29.8 Å². The number of amides is 2. The fourth-order valence-electron chi connectivity index (χ4n) is 1.89. The van der Waals surface area contributed by atoms with E-state index in [9.17, 15) is 9.59 Å². The number of carboxylic acid groups (broad SMARTS) is 1. The Morgan fingerprint density at radius 1 is 1.29 bits per heavy atom. The molecule has 0 bridgehead atoms. The number of nitrogens with zero attached hydrogens (tertiary/aromatic N) is 1. The van der Waals surface area contributed by atoms with Crippen molar-refractivity contribution in [2.45, 2.75) is 20.3 Å². The molecule has 1 aromatic rings. The zero-order valence-electron chi connectivity index (χ0n) is 12.6. The molecule has 114 valence electrons. The van der Waals surface area contributed by atoms with E-state index in [2.05, 4.69) is 11.9 Å². The number of aromatic carboxylic acids is 1. The predicted octanol–water partition coefficient (Wildman–Crippen LogP) is 2.53. The summed E-state index contributed by atoms with van der Waals surface area (Å²) in [4.78, 5) is 24.4. The van der Waals surface area contributed by atoms with Crippen molar-refractivity contribution >= 4 is 12.0 Å². The molecular formula is C16H22N2O3. The van der Waals surface area contributed by atoms with E-state index in [1.165, 1.54) is 0 Å². The van der Waals surface area contributed by atoms with Gasteiger partial charge in [0, 0.05) is 19.6 Å². The van der Waals surface area contributed by atoms with E-state index < -0.39 is 5.97 Å². The summed E-state index contributed by atoms with van der Waals surface area (Å²) in [5.74, 6) is -0.937. The summed E-state index contributed by atoms with van der Waals surface area (Å²) in [5.41, 5.74) is 2.20. The Hall–Kier alpha value is -2.30. The van der Waals surface area contributed by atoms with Crippen LogP contribution < -0.4 is 5.32 Å². The molecule has 0 aromatic heterocycles. The van der Waals surface area contributed by atoms with Gasteiger partial charge in [0.1, 0.15) is 0 Å². The highest BCUT2D eigenvalue weighted by Gasteiger charge is 2.10. The fraction of sp³-hybridized carbons (Fsp3) is 0.375. The summed E-state index contributed by atoms with van der Waals surface area (Å²) in [6.07, 6.45) is 0.663. The van der Waals surface area contributed by atoms with E-state index in [0.29, 0.717) is 26.1 Å². The van der Waals surface area contributed by atoms with Gasteiger partial charge in [0.05, 0.1) is 5.56 Å². The standard InChI is InChI=1S/C16H22N2O3/c1-4-18(11-12(2)3)16(21)17-10-9-13-5-7-14(8-6-13)15(19)20/h5-8H,2,4,9-11H2,1,3H3,(H,17,21)(H,19,20). The van der Waals surface area contributed by atoms with Gasteiger partial charge in [-0.15, -0.1) is 0 Å². The lowest BCUT2D eigenvalue weighted by atomic mass is 10.1. The molecule has 0 spiro atoms. The van der Waals surface area contributed by atoms with Crippen LogP contribution in [0.3, 0.4) is 0 Å². The molecule has 0 aliphatic carbocycles. The molecule has 0 aliphatic rings. The highest BCUT2D eigenvalue weighted by atomic mass is 16.4. The summed E-state index contributed by atoms with van der Waals surface area (Å²) < 4.78 is 0. The summed E-state index contributed by atoms with van der Waals surface area (Å²) in [7, 11) is 0. The third-order valence-electron chi connectivity index (χ3n) is 3.02. The van der Waals surface area contributed by atoms with Crippen LogP contribution in [0.15, 0.2) is 36.4 Å². The van der Waals surface area contributed by atoms with Crippen molar-refractivity contribution < 1.29 is 14.7 Å². The summed E-state index contributed by atoms with van der Waals surface area (Å²) in [6, 6.07) is 6.56. The Labute approximate surface area is 125 Å². The van der Waals surface area contributed by atoms with Crippen molar-refractivity contribution in [3.63, 3.8) is 0 Å². The van der Waals surface area contributed by atoms with Gasteiger partial charge in [-0.2, -0.15) is 0 Å². The molecule has 5 heteroatoms. The molecule has 0 atom stereocenters. The molecule has 0 fully saturated rings. The Morgan fingerprint density at radius 2 is 1.90 bits per heavy atom. The van der Waals surface area contributed by atoms with Gasteiger partial charge >= 0.3 is 12.0 Å². The van der Waals surface area contributed by atoms with Crippen LogP contribution in [0, 0.1) is 0 Å². The average molecular weight is 290 g/mol. The first-order chi connectivity index (χ1) is 9.93. The third kappa shape index (κ3) is 5.69. The van der Waals surface area contributed by atoms with Crippen LogP contribution in [0.2, 0.25) is 0 Å². The smallest absolute Gasteiger partial charge is 0.335 e. The minimum atomic E-state index is -0.937. The number of carboxylic acids is 1. The number of carbonyl (C=O) groups is 2. The van der Waals surface area contributed by atoms with Gasteiger partial charge in [-0.3, -0.25) is 0 Å². The second-order valence-corrected chi connectivity index (χ2v) is 4.96. The zero-order valence-corrected chi connectivity index (χ0v) is 12.6. The van der Waals surface area contributed by atoms with Crippen LogP contribution in [0.4, 0.5) is 4.79 Å². The lowest BCUT2D eigenvalue weighted by molar-refractivity contribution is 0.0697. The van der Waals surface area contributed by atoms with Crippen molar-refractivity contribution in [1.29, 1.82) is 0 Å². The van der Waals surface area contributed by atoms with E-state index in [1.54, 1.807) is 29.2 Å². The number of nitrogens with one attached hydrogen (secondary N) is 1. The molecule has 0 radical (unpaired) electrons. The van der Waals surface area contributed by atoms with Gasteiger partial charge in [0.25, 0.3) is 0 Å². The molecule has 0 saturated carbocycles. The van der Waals surface area contributed by atoms with Gasteiger partial charge in [0.15, 0.2) is 0 Å². The molecule has 21 heavy (non-hydrogen) atoms. The highest BCUT2D eigenvalue weighted by Crippen LogP contribution is 2.05. The van der Waals surface area contributed by atoms with Gasteiger partial charge < -0.3 is 15.3 Å². The molecule has 0 saturated heterocycles. The summed E-state index contributed by atoms with van der Waals surface area (Å²) in [6.45, 7) is 9.31. The van der Waals surface area contributed by atoms with Crippen molar-refractivity contribution in [1.82, 2.24) is 10.2 Å². The predicted molar refractivity (Wildman–Crippen MR) is 82.6 cm³/mol. The number of urea groups is 1. The van der Waals surface area contributed by atoms with E-state index in [4.69, 9.17) is 5.11 Å². The Morgan fingerprint density at radius 3 is 2.38 bits per heavy atom. The first-order valence-corrected chi connectivity index (χ1v) is 6.93. The van der Waals surface area contributed by atoms with Crippen LogP contribution in [0.25, 0.3) is 0 Å². The van der Waals surface area contributed by atoms with Crippen LogP contribution in [-0.4, -0.2) is 41.6 Å². The normalized spacial score (nSPS) is 10.0. The highest BCUT2D eigenvalue weighted by molar-refractivity contribution is 5.87. The van der Waals surface area contributed by atoms with E-state index in [-0.39, 0.29) is 11.6 Å². The van der Waals surface area contributed by atoms with Crippen molar-refractivity contribution in [3.8, 4) is 0 Å². The lowest BCUT2D eigenvalue weighted by Crippen LogP contribution is -2.41. The Kier molecular flexibility index (Phi) is 6.46. The maximum absolute atomic E-state index is 11.9. The zero-order chi connectivity index (χ0) is 15.8. The van der Waals surface area contributed by atoms with E-state index in [1.807, 2.05) is 13.8 Å². The summed E-state index contributed by atoms with van der Waals surface area (Å²) >= 11 is 0. The second-order valence-electron chi connectivity index (χ2n) is 4.96. The SMILES string of the molecule is C=C(C)CN(CC)C(=O)NCCc1ccc(C(=O)O)cc1. The monoisotopic (exact) mass is 290 g/mol. The number of carbonyl (C=O) groups excluding carboxylic acids is 1. The maximum Gasteiger partial charge on any atom is 0.335 e. The third-order valence-corrected chi connectivity index (χ3v) is 3.02. The van der Waals surface area contributed by atoms with Crippen LogP contribution in [0.5, 0.6) is 0 Å². The summed E-state index contributed by atoms with van der Waals surface area (Å²) in [5, 5.41) is 11.7. The number of benzene rings is 1. The van der Waals surface area contributed by atoms with Gasteiger partial charge in [0.2, 0.25) is 0 Å². The van der Waals surface area contributed by atoms with E-state index in [0.717, 1.165) is 11.1 Å². The average Bonchev–Trinajstić information content (AvgIpc) is 2.44. The Balaban J connectivity index is 2.43. The topological polar surface area (TPSA) is 69.6 Å². The number of likely N-dealkylation sites (N-methyl/N-ethyl adjacent to an activating group) is 1. The minimum Gasteiger partial charge on any atom is -0.478 e. The van der Waals surface area contributed by atoms with E-state index >= 15 is 0 Å². The molecule has 0 heterocycles. The Bertz CT molecular complexity index is 509. The van der Waals surface area contributed by atoms with Gasteiger partial charge in [-0.25, -0.2) is 9.59 Å². The molecule has 1 aromatic carbocycles. The van der Waals surface area contributed by atoms with Crippen LogP contribution in [-0.2, 0) is 6.42 Å². The van der Waals surface area contributed by atoms with Crippen molar-refractivity contribution in [3.05, 3.63) is 47.5 Å². The second kappa shape index (κ2) is 8.09. The van der Waals surface area contributed by atoms with Crippen LogP contribution >= 0.6 is 0 Å². The van der Waals surface area contributed by atoms with Crippen molar-refractivity contribution in [2.24, 2.45) is 0 Å². The number of hydrogen-bond acceptors (Lipinski definition) is 2. The number of rotatable bonds is 7. The molecule has 2 amide bonds. The van der Waals surface area contributed by atoms with Gasteiger partial charge in [-0.1, -0.05) is 24.3 Å². The molecule has 0 aliphatic heterocycles. The largest absolute Gasteiger partial charge is 0.478 e. The molecule has 2 N–H and O–H groups in total. The van der Waals surface area contributed by atoms with Gasteiger partial charge in [-0.05, 0) is 38.0 Å². The molecule has 5 nitrogen and oxygen atoms in total. The molecular weight excluding hydrogens is 268 g/mol. The lowest BCUT2D eigenvalue weighted by Gasteiger charge is -2.21. The first kappa shape index (κ1) is 16.8. The number of hydrogen-bond donors (Lipinski definition) is 2. The maximum atomic E-state index is 11.9.